The zero-order valence-electron chi connectivity index (χ0n) is 32.9. The Morgan fingerprint density at radius 1 is 0.295 bits per heavy atom. The normalized spacial score (nSPS) is 11.6. The van der Waals surface area contributed by atoms with Gasteiger partial charge in [0.1, 0.15) is 0 Å². The van der Waals surface area contributed by atoms with Crippen molar-refractivity contribution in [3.63, 3.8) is 0 Å². The van der Waals surface area contributed by atoms with Crippen LogP contribution < -0.4 is 0 Å². The largest absolute Gasteiger partial charge is 0.309 e. The van der Waals surface area contributed by atoms with Gasteiger partial charge < -0.3 is 4.57 Å². The zero-order valence-corrected chi connectivity index (χ0v) is 32.9. The van der Waals surface area contributed by atoms with E-state index >= 15 is 0 Å². The molecular formula is C56H35N5. The number of nitrogens with zero attached hydrogens (tertiary/aromatic N) is 5. The lowest BCUT2D eigenvalue weighted by atomic mass is 9.92. The minimum absolute atomic E-state index is 0.633. The van der Waals surface area contributed by atoms with Crippen molar-refractivity contribution in [1.82, 2.24) is 24.5 Å². The number of pyridine rings is 1. The van der Waals surface area contributed by atoms with E-state index in [1.807, 2.05) is 60.7 Å². The summed E-state index contributed by atoms with van der Waals surface area (Å²) in [5, 5.41) is 8.05. The highest BCUT2D eigenvalue weighted by molar-refractivity contribution is 6.31. The van der Waals surface area contributed by atoms with Crippen LogP contribution >= 0.6 is 0 Å². The third-order valence-electron chi connectivity index (χ3n) is 11.8. The first-order chi connectivity index (χ1) is 30.3. The molecule has 12 aromatic rings. The summed E-state index contributed by atoms with van der Waals surface area (Å²) in [6.07, 6.45) is 0. The van der Waals surface area contributed by atoms with E-state index < -0.39 is 0 Å². The average molecular weight is 778 g/mol. The van der Waals surface area contributed by atoms with Gasteiger partial charge in [-0.25, -0.2) is 19.9 Å². The summed E-state index contributed by atoms with van der Waals surface area (Å²) in [7, 11) is 0. The standard InChI is InChI=1S/C56H35N5/c1-5-18-36(19-6-1)52-46-34-35-49-51(50(46)45-28-15-16-31-48(45)57-52)47-30-17-29-43(53(47)61(49)39-24-11-4-12-25-39)42-32-33-44(41-27-14-13-26-40(41)42)56-59-54(37-20-7-2-8-21-37)58-55(60-56)38-22-9-3-10-23-38/h1-35H. The van der Waals surface area contributed by atoms with E-state index in [9.17, 15) is 0 Å². The molecule has 61 heavy (non-hydrogen) atoms. The molecule has 3 heterocycles. The second-order valence-corrected chi connectivity index (χ2v) is 15.3. The van der Waals surface area contributed by atoms with Crippen LogP contribution in [0.1, 0.15) is 0 Å². The Morgan fingerprint density at radius 2 is 0.820 bits per heavy atom. The smallest absolute Gasteiger partial charge is 0.164 e. The molecule has 5 heteroatoms. The van der Waals surface area contributed by atoms with E-state index in [2.05, 4.69) is 156 Å². The Hall–Kier alpha value is -8.28. The Kier molecular flexibility index (Phi) is 8.10. The maximum absolute atomic E-state index is 5.28. The molecule has 5 nitrogen and oxygen atoms in total. The lowest BCUT2D eigenvalue weighted by Crippen LogP contribution is -2.01. The van der Waals surface area contributed by atoms with Crippen LogP contribution in [0.3, 0.4) is 0 Å². The molecular weight excluding hydrogens is 743 g/mol. The maximum Gasteiger partial charge on any atom is 0.164 e. The van der Waals surface area contributed by atoms with E-state index in [1.165, 1.54) is 16.2 Å². The lowest BCUT2D eigenvalue weighted by Gasteiger charge is -2.15. The lowest BCUT2D eigenvalue weighted by molar-refractivity contribution is 1.08. The first kappa shape index (κ1) is 34.7. The molecule has 0 saturated heterocycles. The van der Waals surface area contributed by atoms with Crippen molar-refractivity contribution in [2.24, 2.45) is 0 Å². The third-order valence-corrected chi connectivity index (χ3v) is 11.8. The predicted molar refractivity (Wildman–Crippen MR) is 252 cm³/mol. The zero-order chi connectivity index (χ0) is 40.3. The van der Waals surface area contributed by atoms with Crippen LogP contribution in [-0.4, -0.2) is 24.5 Å². The highest BCUT2D eigenvalue weighted by Gasteiger charge is 2.23. The Bertz CT molecular complexity index is 3560. The molecule has 284 valence electrons. The van der Waals surface area contributed by atoms with Gasteiger partial charge in [0.15, 0.2) is 17.5 Å². The highest BCUT2D eigenvalue weighted by atomic mass is 15.0. The van der Waals surface area contributed by atoms with Crippen molar-refractivity contribution in [2.45, 2.75) is 0 Å². The molecule has 0 bridgehead atoms. The molecule has 0 aliphatic carbocycles. The molecule has 0 saturated carbocycles. The first-order valence-corrected chi connectivity index (χ1v) is 20.6. The van der Waals surface area contributed by atoms with Gasteiger partial charge in [0.25, 0.3) is 0 Å². The molecule has 12 rings (SSSR count). The van der Waals surface area contributed by atoms with Crippen molar-refractivity contribution in [1.29, 1.82) is 0 Å². The second-order valence-electron chi connectivity index (χ2n) is 15.3. The van der Waals surface area contributed by atoms with Crippen molar-refractivity contribution in [3.8, 4) is 62.2 Å². The van der Waals surface area contributed by atoms with Crippen molar-refractivity contribution in [3.05, 3.63) is 212 Å². The van der Waals surface area contributed by atoms with Crippen molar-refractivity contribution < 1.29 is 0 Å². The minimum Gasteiger partial charge on any atom is -0.309 e. The van der Waals surface area contributed by atoms with Crippen LogP contribution in [0.25, 0.3) is 116 Å². The second kappa shape index (κ2) is 14.2. The van der Waals surface area contributed by atoms with Gasteiger partial charge >= 0.3 is 0 Å². The molecule has 9 aromatic carbocycles. The van der Waals surface area contributed by atoms with Crippen LogP contribution in [0, 0.1) is 0 Å². The molecule has 0 unspecified atom stereocenters. The number of aromatic nitrogens is 5. The molecule has 0 atom stereocenters. The van der Waals surface area contributed by atoms with Crippen molar-refractivity contribution in [2.75, 3.05) is 0 Å². The van der Waals surface area contributed by atoms with Crippen LogP contribution in [-0.2, 0) is 0 Å². The van der Waals surface area contributed by atoms with Gasteiger partial charge in [-0.15, -0.1) is 0 Å². The van der Waals surface area contributed by atoms with Crippen molar-refractivity contribution >= 4 is 54.3 Å². The fourth-order valence-electron chi connectivity index (χ4n) is 9.13. The van der Waals surface area contributed by atoms with E-state index in [4.69, 9.17) is 19.9 Å². The topological polar surface area (TPSA) is 56.5 Å². The fourth-order valence-corrected chi connectivity index (χ4v) is 9.13. The summed E-state index contributed by atoms with van der Waals surface area (Å²) in [4.78, 5) is 20.5. The van der Waals surface area contributed by atoms with Gasteiger partial charge in [0.2, 0.25) is 0 Å². The summed E-state index contributed by atoms with van der Waals surface area (Å²) in [6, 6.07) is 74.5. The number of para-hydroxylation sites is 3. The van der Waals surface area contributed by atoms with E-state index in [0.29, 0.717) is 17.5 Å². The number of fused-ring (bicyclic) bond motifs is 8. The molecule has 0 N–H and O–H groups in total. The Morgan fingerprint density at radius 3 is 1.49 bits per heavy atom. The summed E-state index contributed by atoms with van der Waals surface area (Å²) in [6.45, 7) is 0. The van der Waals surface area contributed by atoms with Crippen LogP contribution in [0.4, 0.5) is 0 Å². The molecule has 0 amide bonds. The molecule has 0 aliphatic heterocycles. The number of rotatable bonds is 6. The van der Waals surface area contributed by atoms with Gasteiger partial charge in [-0.3, -0.25) is 0 Å². The number of hydrogen-bond acceptors (Lipinski definition) is 4. The first-order valence-electron chi connectivity index (χ1n) is 20.6. The van der Waals surface area contributed by atoms with E-state index in [-0.39, 0.29) is 0 Å². The highest BCUT2D eigenvalue weighted by Crippen LogP contribution is 2.46. The molecule has 0 fully saturated rings. The van der Waals surface area contributed by atoms with Crippen LogP contribution in [0.15, 0.2) is 212 Å². The average Bonchev–Trinajstić information content (AvgIpc) is 3.69. The quantitative estimate of drug-likeness (QED) is 0.158. The van der Waals surface area contributed by atoms with Gasteiger partial charge in [-0.05, 0) is 46.7 Å². The molecule has 3 aromatic heterocycles. The van der Waals surface area contributed by atoms with Crippen LogP contribution in [0.2, 0.25) is 0 Å². The summed E-state index contributed by atoms with van der Waals surface area (Å²) in [5.74, 6) is 1.91. The van der Waals surface area contributed by atoms with Gasteiger partial charge in [-0.1, -0.05) is 182 Å². The summed E-state index contributed by atoms with van der Waals surface area (Å²) < 4.78 is 2.45. The molecule has 0 radical (unpaired) electrons. The summed E-state index contributed by atoms with van der Waals surface area (Å²) >= 11 is 0. The van der Waals surface area contributed by atoms with Crippen LogP contribution in [0.5, 0.6) is 0 Å². The third kappa shape index (κ3) is 5.70. The Labute approximate surface area is 351 Å². The fraction of sp³-hybridized carbons (Fsp3) is 0. The van der Waals surface area contributed by atoms with Gasteiger partial charge in [-0.2, -0.15) is 0 Å². The van der Waals surface area contributed by atoms with E-state index in [1.54, 1.807) is 0 Å². The Balaban J connectivity index is 1.15. The van der Waals surface area contributed by atoms with Gasteiger partial charge in [0.05, 0.1) is 22.2 Å². The number of benzene rings is 9. The molecule has 0 spiro atoms. The molecule has 0 aliphatic rings. The summed E-state index contributed by atoms with van der Waals surface area (Å²) in [5.41, 5.74) is 11.6. The minimum atomic E-state index is 0.633. The predicted octanol–water partition coefficient (Wildman–Crippen LogP) is 14.2. The maximum atomic E-state index is 5.28. The SMILES string of the molecule is c1ccc(-c2nc(-c3ccccc3)nc(-c3ccc(-c4cccc5c6c7c(ccc6n(-c6ccccc6)c45)c(-c4ccccc4)nc4ccccc47)c4ccccc34)n2)cc1. The van der Waals surface area contributed by atoms with E-state index in [0.717, 1.165) is 82.9 Å². The monoisotopic (exact) mass is 777 g/mol. The number of hydrogen-bond donors (Lipinski definition) is 0. The van der Waals surface area contributed by atoms with Gasteiger partial charge in [0, 0.05) is 60.4 Å².